The van der Waals surface area contributed by atoms with Crippen LogP contribution in [0.5, 0.6) is 0 Å². The minimum absolute atomic E-state index is 0.115. The van der Waals surface area contributed by atoms with Crippen LogP contribution >= 0.6 is 0 Å². The van der Waals surface area contributed by atoms with E-state index in [9.17, 15) is 18.8 Å². The number of cyclic esters (lactones) is 1. The first-order valence-corrected chi connectivity index (χ1v) is 11.6. The van der Waals surface area contributed by atoms with E-state index in [1.807, 2.05) is 0 Å². The molecule has 0 spiro atoms. The second-order valence-corrected chi connectivity index (χ2v) is 8.72. The van der Waals surface area contributed by atoms with Crippen molar-refractivity contribution in [2.75, 3.05) is 28.6 Å². The van der Waals surface area contributed by atoms with Gasteiger partial charge in [-0.25, -0.2) is 9.18 Å². The maximum Gasteiger partial charge on any atom is 0.414 e. The van der Waals surface area contributed by atoms with E-state index in [1.165, 1.54) is 36.4 Å². The van der Waals surface area contributed by atoms with Crippen LogP contribution < -0.4 is 26.3 Å². The van der Waals surface area contributed by atoms with E-state index in [-0.39, 0.29) is 30.1 Å². The Hall–Kier alpha value is -3.62. The van der Waals surface area contributed by atoms with E-state index < -0.39 is 18.0 Å². The molecule has 34 heavy (non-hydrogen) atoms. The van der Waals surface area contributed by atoms with Crippen molar-refractivity contribution >= 4 is 34.7 Å². The lowest BCUT2D eigenvalue weighted by Crippen LogP contribution is -2.33. The van der Waals surface area contributed by atoms with Crippen molar-refractivity contribution < 1.29 is 18.7 Å². The summed E-state index contributed by atoms with van der Waals surface area (Å²) in [7, 11) is 0. The highest BCUT2D eigenvalue weighted by molar-refractivity contribution is 5.90. The summed E-state index contributed by atoms with van der Waals surface area (Å²) >= 11 is 0. The lowest BCUT2D eigenvalue weighted by atomic mass is 9.95. The molecule has 180 valence electrons. The predicted octanol–water partition coefficient (Wildman–Crippen LogP) is 4.14. The van der Waals surface area contributed by atoms with Crippen molar-refractivity contribution in [1.82, 2.24) is 5.32 Å². The fraction of sp³-hybridized carbons (Fsp3) is 0.400. The first-order valence-electron chi connectivity index (χ1n) is 11.6. The molecule has 2 aromatic carbocycles. The second-order valence-electron chi connectivity index (χ2n) is 8.72. The van der Waals surface area contributed by atoms with Crippen molar-refractivity contribution in [2.24, 2.45) is 0 Å². The summed E-state index contributed by atoms with van der Waals surface area (Å²) < 4.78 is 20.1. The van der Waals surface area contributed by atoms with Gasteiger partial charge in [0.05, 0.1) is 30.2 Å². The van der Waals surface area contributed by atoms with E-state index in [0.29, 0.717) is 23.1 Å². The van der Waals surface area contributed by atoms with Gasteiger partial charge < -0.3 is 20.7 Å². The summed E-state index contributed by atoms with van der Waals surface area (Å²) in [5.74, 6) is -0.767. The number of benzene rings is 1. The predicted molar refractivity (Wildman–Crippen MR) is 129 cm³/mol. The number of carbonyl (C=O) groups excluding carboxylic acids is 2. The Kier molecular flexibility index (Phi) is 7.30. The summed E-state index contributed by atoms with van der Waals surface area (Å²) in [4.78, 5) is 37.0. The molecule has 0 aromatic heterocycles. The van der Waals surface area contributed by atoms with E-state index >= 15 is 0 Å². The zero-order valence-electron chi connectivity index (χ0n) is 19.1. The largest absolute Gasteiger partial charge is 0.442 e. The first-order chi connectivity index (χ1) is 16.4. The molecule has 1 atom stereocenters. The standard InChI is InChI=1S/C25H29FN4O4/c1-16(31)27-14-20-15-30(25(33)34-20)19-9-11-22(21(26)13-19)28-18-7-10-23(24(32)12-8-18)29-17-5-3-2-4-6-17/h7-13,17,20,28H,2-6,14-15H2,1H3,(H,27,31)(H,29,32)/t20-/m0/s1. The number of anilines is 4. The van der Waals surface area contributed by atoms with Gasteiger partial charge in [0.15, 0.2) is 0 Å². The fourth-order valence-electron chi connectivity index (χ4n) is 4.26. The number of hydrogen-bond donors (Lipinski definition) is 3. The molecule has 2 aromatic rings. The van der Waals surface area contributed by atoms with Gasteiger partial charge in [-0.05, 0) is 55.3 Å². The van der Waals surface area contributed by atoms with Gasteiger partial charge in [0, 0.05) is 18.7 Å². The molecule has 1 saturated heterocycles. The number of nitrogens with one attached hydrogen (secondary N) is 3. The van der Waals surface area contributed by atoms with Crippen molar-refractivity contribution in [3.63, 3.8) is 0 Å². The zero-order chi connectivity index (χ0) is 24.1. The van der Waals surface area contributed by atoms with Crippen LogP contribution in [0.4, 0.5) is 31.9 Å². The average molecular weight is 469 g/mol. The molecule has 1 saturated carbocycles. The molecule has 2 fully saturated rings. The molecule has 2 amide bonds. The Bertz CT molecular complexity index is 1120. The lowest BCUT2D eigenvalue weighted by Gasteiger charge is -2.23. The molecule has 8 nitrogen and oxygen atoms in total. The van der Waals surface area contributed by atoms with Gasteiger partial charge in [0.2, 0.25) is 11.3 Å². The molecule has 1 aliphatic carbocycles. The Morgan fingerprint density at radius 2 is 1.79 bits per heavy atom. The summed E-state index contributed by atoms with van der Waals surface area (Å²) in [6, 6.07) is 11.3. The third-order valence-corrected chi connectivity index (χ3v) is 6.07. The molecule has 3 N–H and O–H groups in total. The molecule has 4 rings (SSSR count). The Morgan fingerprint density at radius 3 is 2.53 bits per heavy atom. The highest BCUT2D eigenvalue weighted by atomic mass is 19.1. The van der Waals surface area contributed by atoms with Crippen LogP contribution in [0.1, 0.15) is 39.0 Å². The van der Waals surface area contributed by atoms with Gasteiger partial charge in [0.25, 0.3) is 0 Å². The zero-order valence-corrected chi connectivity index (χ0v) is 19.1. The number of halogens is 1. The maximum absolute atomic E-state index is 14.9. The molecular weight excluding hydrogens is 439 g/mol. The molecule has 1 heterocycles. The van der Waals surface area contributed by atoms with Gasteiger partial charge >= 0.3 is 6.09 Å². The van der Waals surface area contributed by atoms with Gasteiger partial charge in [-0.3, -0.25) is 14.5 Å². The molecule has 1 aliphatic heterocycles. The number of rotatable bonds is 7. The SMILES string of the molecule is CC(=O)NC[C@H]1CN(c2ccc(Nc3ccc(NC4CCCCC4)c(=O)cc3)c(F)c2)C(=O)O1. The molecule has 2 aliphatic rings. The van der Waals surface area contributed by atoms with E-state index in [2.05, 4.69) is 16.0 Å². The maximum atomic E-state index is 14.9. The summed E-state index contributed by atoms with van der Waals surface area (Å²) in [6.07, 6.45) is 4.58. The van der Waals surface area contributed by atoms with Gasteiger partial charge in [0.1, 0.15) is 11.9 Å². The fourth-order valence-corrected chi connectivity index (χ4v) is 4.26. The van der Waals surface area contributed by atoms with Crippen LogP contribution in [0.15, 0.2) is 47.3 Å². The Balaban J connectivity index is 1.43. The van der Waals surface area contributed by atoms with Gasteiger partial charge in [-0.1, -0.05) is 19.3 Å². The summed E-state index contributed by atoms with van der Waals surface area (Å²) in [6.45, 7) is 1.79. The van der Waals surface area contributed by atoms with Crippen molar-refractivity contribution in [3.8, 4) is 0 Å². The molecular formula is C25H29FN4O4. The van der Waals surface area contributed by atoms with Crippen LogP contribution in [0.25, 0.3) is 0 Å². The van der Waals surface area contributed by atoms with Crippen LogP contribution in [0, 0.1) is 5.82 Å². The van der Waals surface area contributed by atoms with Crippen LogP contribution in [-0.2, 0) is 9.53 Å². The molecule has 0 bridgehead atoms. The van der Waals surface area contributed by atoms with Crippen LogP contribution in [0.2, 0.25) is 0 Å². The number of hydrogen-bond acceptors (Lipinski definition) is 6. The third kappa shape index (κ3) is 5.84. The minimum Gasteiger partial charge on any atom is -0.442 e. The topological polar surface area (TPSA) is 99.8 Å². The summed E-state index contributed by atoms with van der Waals surface area (Å²) in [5.41, 5.74) is 1.56. The van der Waals surface area contributed by atoms with E-state index in [0.717, 1.165) is 25.7 Å². The van der Waals surface area contributed by atoms with Crippen LogP contribution in [0.3, 0.4) is 0 Å². The van der Waals surface area contributed by atoms with Crippen LogP contribution in [-0.4, -0.2) is 37.2 Å². The number of carbonyl (C=O) groups is 2. The Labute approximate surface area is 197 Å². The highest BCUT2D eigenvalue weighted by Crippen LogP contribution is 2.28. The van der Waals surface area contributed by atoms with Crippen molar-refractivity contribution in [3.05, 3.63) is 58.5 Å². The normalized spacial score (nSPS) is 18.4. The third-order valence-electron chi connectivity index (χ3n) is 6.07. The second kappa shape index (κ2) is 10.5. The average Bonchev–Trinajstić information content (AvgIpc) is 3.11. The molecule has 9 heteroatoms. The van der Waals surface area contributed by atoms with Gasteiger partial charge in [-0.15, -0.1) is 0 Å². The minimum atomic E-state index is -0.591. The van der Waals surface area contributed by atoms with E-state index in [4.69, 9.17) is 4.74 Å². The number of ether oxygens (including phenoxy) is 1. The van der Waals surface area contributed by atoms with Crippen molar-refractivity contribution in [2.45, 2.75) is 51.2 Å². The summed E-state index contributed by atoms with van der Waals surface area (Å²) in [5, 5.41) is 8.95. The highest BCUT2D eigenvalue weighted by Gasteiger charge is 2.32. The molecule has 0 radical (unpaired) electrons. The lowest BCUT2D eigenvalue weighted by molar-refractivity contribution is -0.119. The Morgan fingerprint density at radius 1 is 1.06 bits per heavy atom. The van der Waals surface area contributed by atoms with E-state index in [1.54, 1.807) is 24.3 Å². The van der Waals surface area contributed by atoms with Crippen molar-refractivity contribution in [1.29, 1.82) is 0 Å². The number of amides is 2. The molecule has 0 unspecified atom stereocenters. The smallest absolute Gasteiger partial charge is 0.414 e. The monoisotopic (exact) mass is 468 g/mol. The number of nitrogens with zero attached hydrogens (tertiary/aromatic N) is 1. The quantitative estimate of drug-likeness (QED) is 0.565. The first kappa shape index (κ1) is 23.5. The van der Waals surface area contributed by atoms with Gasteiger partial charge in [-0.2, -0.15) is 0 Å².